The number of hydrogen-bond donors (Lipinski definition) is 0. The Balaban J connectivity index is 1.77. The van der Waals surface area contributed by atoms with E-state index in [1.54, 1.807) is 0 Å². The van der Waals surface area contributed by atoms with Gasteiger partial charge in [-0.15, -0.1) is 0 Å². The first kappa shape index (κ1) is 19.6. The zero-order chi connectivity index (χ0) is 20.9. The Kier molecular flexibility index (Phi) is 5.75. The zero-order valence-electron chi connectivity index (χ0n) is 17.2. The molecule has 0 saturated heterocycles. The van der Waals surface area contributed by atoms with Gasteiger partial charge in [0.15, 0.2) is 11.4 Å². The molecule has 4 aromatic rings. The highest BCUT2D eigenvalue weighted by atomic mass is 16.3. The summed E-state index contributed by atoms with van der Waals surface area (Å²) in [6.07, 6.45) is 1.85. The van der Waals surface area contributed by atoms with Crippen LogP contribution in [-0.4, -0.2) is 23.9 Å². The normalized spacial score (nSPS) is 11.6. The minimum atomic E-state index is -0.116. The van der Waals surface area contributed by atoms with Gasteiger partial charge in [-0.3, -0.25) is 4.79 Å². The molecule has 4 nitrogen and oxygen atoms in total. The summed E-state index contributed by atoms with van der Waals surface area (Å²) < 4.78 is 5.93. The standard InChI is InChI=1S/C26H24N2O2/c1-3-28(4-2)21-16-14-19(15-17-21)18-22(25(29)20-10-6-5-7-11-20)26-27-23-12-8-9-13-24(23)30-26/h5-18H,3-4H2,1-2H3. The summed E-state index contributed by atoms with van der Waals surface area (Å²) in [5.74, 6) is 0.216. The van der Waals surface area contributed by atoms with E-state index in [-0.39, 0.29) is 5.78 Å². The van der Waals surface area contributed by atoms with Crippen molar-refractivity contribution >= 4 is 34.2 Å². The molecule has 0 aliphatic carbocycles. The van der Waals surface area contributed by atoms with Gasteiger partial charge in [0, 0.05) is 24.3 Å². The Hall–Kier alpha value is -3.66. The molecule has 0 aliphatic heterocycles. The Morgan fingerprint density at radius 3 is 2.23 bits per heavy atom. The lowest BCUT2D eigenvalue weighted by atomic mass is 10.0. The lowest BCUT2D eigenvalue weighted by molar-refractivity contribution is 0.105. The Labute approximate surface area is 176 Å². The van der Waals surface area contributed by atoms with E-state index >= 15 is 0 Å². The maximum absolute atomic E-state index is 13.3. The van der Waals surface area contributed by atoms with Crippen molar-refractivity contribution in [2.75, 3.05) is 18.0 Å². The third-order valence-corrected chi connectivity index (χ3v) is 5.14. The second-order valence-corrected chi connectivity index (χ2v) is 7.00. The SMILES string of the molecule is CCN(CC)c1ccc(C=C(C(=O)c2ccccc2)c2nc3ccccc3o2)cc1. The fourth-order valence-electron chi connectivity index (χ4n) is 3.49. The summed E-state index contributed by atoms with van der Waals surface area (Å²) in [7, 11) is 0. The van der Waals surface area contributed by atoms with E-state index in [4.69, 9.17) is 4.42 Å². The van der Waals surface area contributed by atoms with Crippen molar-refractivity contribution in [2.45, 2.75) is 13.8 Å². The minimum Gasteiger partial charge on any atom is -0.436 e. The average Bonchev–Trinajstić information content (AvgIpc) is 3.23. The van der Waals surface area contributed by atoms with Gasteiger partial charge in [-0.05, 0) is 49.8 Å². The number of oxazole rings is 1. The molecule has 0 saturated carbocycles. The summed E-state index contributed by atoms with van der Waals surface area (Å²) in [6.45, 7) is 6.18. The third-order valence-electron chi connectivity index (χ3n) is 5.14. The highest BCUT2D eigenvalue weighted by Gasteiger charge is 2.20. The van der Waals surface area contributed by atoms with E-state index in [9.17, 15) is 4.79 Å². The first-order valence-electron chi connectivity index (χ1n) is 10.2. The predicted octanol–water partition coefficient (Wildman–Crippen LogP) is 6.10. The lowest BCUT2D eigenvalue weighted by Gasteiger charge is -2.20. The highest BCUT2D eigenvalue weighted by Crippen LogP contribution is 2.27. The van der Waals surface area contributed by atoms with Crippen LogP contribution >= 0.6 is 0 Å². The molecule has 0 aliphatic rings. The fourth-order valence-corrected chi connectivity index (χ4v) is 3.49. The quantitative estimate of drug-likeness (QED) is 0.280. The number of carbonyl (C=O) groups is 1. The largest absolute Gasteiger partial charge is 0.436 e. The molecule has 0 atom stereocenters. The summed E-state index contributed by atoms with van der Waals surface area (Å²) in [5, 5.41) is 0. The van der Waals surface area contributed by atoms with E-state index in [0.717, 1.165) is 29.9 Å². The third kappa shape index (κ3) is 4.03. The van der Waals surface area contributed by atoms with Crippen molar-refractivity contribution in [2.24, 2.45) is 0 Å². The number of allylic oxidation sites excluding steroid dienone is 1. The molecule has 0 unspecified atom stereocenters. The maximum atomic E-state index is 13.3. The second kappa shape index (κ2) is 8.78. The molecule has 4 rings (SSSR count). The maximum Gasteiger partial charge on any atom is 0.231 e. The summed E-state index contributed by atoms with van der Waals surface area (Å²) in [6, 6.07) is 25.0. The molecule has 3 aromatic carbocycles. The van der Waals surface area contributed by atoms with Crippen LogP contribution in [0, 0.1) is 0 Å². The fraction of sp³-hybridized carbons (Fsp3) is 0.154. The van der Waals surface area contributed by atoms with E-state index in [0.29, 0.717) is 22.6 Å². The number of Topliss-reactive ketones (excluding diaryl/α,β-unsaturated/α-hetero) is 1. The van der Waals surface area contributed by atoms with Crippen LogP contribution in [0.1, 0.15) is 35.7 Å². The molecule has 150 valence electrons. The number of nitrogens with zero attached hydrogens (tertiary/aromatic N) is 2. The molecule has 0 N–H and O–H groups in total. The van der Waals surface area contributed by atoms with Crippen molar-refractivity contribution in [1.29, 1.82) is 0 Å². The van der Waals surface area contributed by atoms with Crippen molar-refractivity contribution in [3.63, 3.8) is 0 Å². The van der Waals surface area contributed by atoms with Crippen molar-refractivity contribution < 1.29 is 9.21 Å². The first-order chi connectivity index (χ1) is 14.7. The first-order valence-corrected chi connectivity index (χ1v) is 10.2. The Morgan fingerprint density at radius 2 is 1.57 bits per heavy atom. The van der Waals surface area contributed by atoms with Crippen LogP contribution < -0.4 is 4.90 Å². The molecule has 30 heavy (non-hydrogen) atoms. The number of rotatable bonds is 7. The van der Waals surface area contributed by atoms with Gasteiger partial charge in [0.2, 0.25) is 5.89 Å². The zero-order valence-corrected chi connectivity index (χ0v) is 17.2. The number of hydrogen-bond acceptors (Lipinski definition) is 4. The van der Waals surface area contributed by atoms with Gasteiger partial charge in [-0.2, -0.15) is 0 Å². The second-order valence-electron chi connectivity index (χ2n) is 7.00. The molecule has 0 amide bonds. The molecule has 1 heterocycles. The molecule has 0 spiro atoms. The van der Waals surface area contributed by atoms with Crippen LogP contribution in [0.4, 0.5) is 5.69 Å². The van der Waals surface area contributed by atoms with Crippen LogP contribution in [0.25, 0.3) is 22.7 Å². The monoisotopic (exact) mass is 396 g/mol. The number of aromatic nitrogens is 1. The van der Waals surface area contributed by atoms with Crippen LogP contribution in [0.15, 0.2) is 83.3 Å². The number of benzene rings is 3. The molecular formula is C26H24N2O2. The number of carbonyl (C=O) groups excluding carboxylic acids is 1. The average molecular weight is 396 g/mol. The number of para-hydroxylation sites is 2. The Morgan fingerprint density at radius 1 is 0.900 bits per heavy atom. The molecular weight excluding hydrogens is 372 g/mol. The minimum absolute atomic E-state index is 0.116. The van der Waals surface area contributed by atoms with Crippen LogP contribution in [-0.2, 0) is 0 Å². The topological polar surface area (TPSA) is 46.3 Å². The summed E-state index contributed by atoms with van der Waals surface area (Å²) >= 11 is 0. The van der Waals surface area contributed by atoms with Crippen LogP contribution in [0.5, 0.6) is 0 Å². The van der Waals surface area contributed by atoms with E-state index in [1.165, 1.54) is 0 Å². The summed E-state index contributed by atoms with van der Waals surface area (Å²) in [5.41, 5.74) is 4.52. The lowest BCUT2D eigenvalue weighted by Crippen LogP contribution is -2.21. The van der Waals surface area contributed by atoms with Gasteiger partial charge in [0.25, 0.3) is 0 Å². The smallest absolute Gasteiger partial charge is 0.231 e. The van der Waals surface area contributed by atoms with Gasteiger partial charge in [0.05, 0.1) is 5.57 Å². The van der Waals surface area contributed by atoms with Crippen molar-refractivity contribution in [1.82, 2.24) is 4.98 Å². The van der Waals surface area contributed by atoms with Crippen molar-refractivity contribution in [3.8, 4) is 0 Å². The Bertz CT molecular complexity index is 1140. The van der Waals surface area contributed by atoms with E-state index < -0.39 is 0 Å². The van der Waals surface area contributed by atoms with E-state index in [2.05, 4.69) is 35.9 Å². The van der Waals surface area contributed by atoms with Crippen LogP contribution in [0.3, 0.4) is 0 Å². The van der Waals surface area contributed by atoms with Gasteiger partial charge in [0.1, 0.15) is 5.52 Å². The van der Waals surface area contributed by atoms with Gasteiger partial charge in [-0.1, -0.05) is 54.6 Å². The molecule has 1 aromatic heterocycles. The number of ketones is 1. The number of fused-ring (bicyclic) bond motifs is 1. The summed E-state index contributed by atoms with van der Waals surface area (Å²) in [4.78, 5) is 20.2. The van der Waals surface area contributed by atoms with Crippen molar-refractivity contribution in [3.05, 3.63) is 95.9 Å². The molecule has 0 bridgehead atoms. The van der Waals surface area contributed by atoms with Gasteiger partial charge in [-0.25, -0.2) is 4.98 Å². The van der Waals surface area contributed by atoms with Gasteiger partial charge >= 0.3 is 0 Å². The molecule has 4 heteroatoms. The molecule has 0 radical (unpaired) electrons. The van der Waals surface area contributed by atoms with E-state index in [1.807, 2.05) is 72.8 Å². The van der Waals surface area contributed by atoms with Crippen LogP contribution in [0.2, 0.25) is 0 Å². The molecule has 0 fully saturated rings. The van der Waals surface area contributed by atoms with Gasteiger partial charge < -0.3 is 9.32 Å². The number of anilines is 1. The highest BCUT2D eigenvalue weighted by molar-refractivity contribution is 6.31. The predicted molar refractivity (Wildman–Crippen MR) is 123 cm³/mol.